The first-order valence-corrected chi connectivity index (χ1v) is 26.2. The van der Waals surface area contributed by atoms with Gasteiger partial charge in [-0.3, -0.25) is 9.59 Å². The summed E-state index contributed by atoms with van der Waals surface area (Å²) in [4.78, 5) is 41.8. The predicted octanol–water partition coefficient (Wildman–Crippen LogP) is 6.49. The molecule has 0 N–H and O–H groups in total. The van der Waals surface area contributed by atoms with Crippen LogP contribution >= 0.6 is 0 Å². The Bertz CT molecular complexity index is 2580. The van der Waals surface area contributed by atoms with Gasteiger partial charge in [0.1, 0.15) is 20.2 Å². The normalized spacial score (nSPS) is 21.1. The fourth-order valence-electron chi connectivity index (χ4n) is 9.22. The van der Waals surface area contributed by atoms with Gasteiger partial charge in [-0.15, -0.1) is 5.06 Å². The van der Waals surface area contributed by atoms with Crippen molar-refractivity contribution in [2.24, 2.45) is 0 Å². The third-order valence-corrected chi connectivity index (χ3v) is 15.0. The molecule has 356 valence electrons. The number of unbranched alkanes of at least 4 members (excludes halogenated alkanes) is 5. The Labute approximate surface area is 382 Å². The number of ether oxygens (including phenoxy) is 1. The molecule has 2 atom stereocenters. The first kappa shape index (κ1) is 51.5. The molecule has 19 heteroatoms. The highest BCUT2D eigenvalue weighted by atomic mass is 32.2. The molecule has 3 aliphatic rings. The van der Waals surface area contributed by atoms with Crippen molar-refractivity contribution in [3.63, 3.8) is 0 Å². The quantitative estimate of drug-likeness (QED) is 0.0500. The van der Waals surface area contributed by atoms with Gasteiger partial charge in [0.15, 0.2) is 0 Å². The summed E-state index contributed by atoms with van der Waals surface area (Å²) in [7, 11) is -12.5. The molecule has 0 aromatic heterocycles. The number of rotatable bonds is 23. The Balaban J connectivity index is 1.39. The lowest BCUT2D eigenvalue weighted by Gasteiger charge is -2.40. The van der Waals surface area contributed by atoms with Crippen molar-refractivity contribution in [2.45, 2.75) is 131 Å². The van der Waals surface area contributed by atoms with E-state index in [9.17, 15) is 53.3 Å². The van der Waals surface area contributed by atoms with Crippen molar-refractivity contribution >= 4 is 53.8 Å². The molecule has 1 aliphatic carbocycles. The number of benzene rings is 2. The second kappa shape index (κ2) is 21.4. The zero-order valence-corrected chi connectivity index (χ0v) is 39.7. The SMILES string of the molecule is CCN1/C(=C/C=C/C=C/C2=C(CCCCCCCCC(=O)ON3C(=O)CCC3=O)Cc3ccc(S(=O)(=O)[O-])cc3C2(C)CCOC)C(C)(CCCS(=O)(=O)[O-])c2cc(S(=O)(=O)[O-])ccc21. The second-order valence-electron chi connectivity index (χ2n) is 17.1. The first-order chi connectivity index (χ1) is 30.5. The molecule has 65 heavy (non-hydrogen) atoms. The van der Waals surface area contributed by atoms with E-state index in [1.807, 2.05) is 50.0 Å². The van der Waals surface area contributed by atoms with Crippen molar-refractivity contribution < 1.29 is 62.9 Å². The summed E-state index contributed by atoms with van der Waals surface area (Å²) in [5, 5.41) is 0.556. The molecule has 0 bridgehead atoms. The molecule has 0 spiro atoms. The average molecular weight is 958 g/mol. The van der Waals surface area contributed by atoms with Gasteiger partial charge in [0.05, 0.1) is 19.9 Å². The van der Waals surface area contributed by atoms with Gasteiger partial charge in [-0.05, 0) is 117 Å². The summed E-state index contributed by atoms with van der Waals surface area (Å²) in [5.74, 6) is -2.26. The summed E-state index contributed by atoms with van der Waals surface area (Å²) < 4.78 is 113. The minimum Gasteiger partial charge on any atom is -0.748 e. The van der Waals surface area contributed by atoms with Crippen LogP contribution in [0.5, 0.6) is 0 Å². The summed E-state index contributed by atoms with van der Waals surface area (Å²) in [5.41, 5.74) is 3.88. The Morgan fingerprint density at radius 1 is 0.769 bits per heavy atom. The van der Waals surface area contributed by atoms with Crippen LogP contribution in [0.3, 0.4) is 0 Å². The number of fused-ring (bicyclic) bond motifs is 2. The molecule has 2 amide bonds. The number of hydrogen-bond donors (Lipinski definition) is 0. The molecule has 2 unspecified atom stereocenters. The lowest BCUT2D eigenvalue weighted by molar-refractivity contribution is -0.197. The van der Waals surface area contributed by atoms with Crippen LogP contribution in [0.1, 0.15) is 121 Å². The summed E-state index contributed by atoms with van der Waals surface area (Å²) in [6.45, 7) is 6.53. The van der Waals surface area contributed by atoms with E-state index in [4.69, 9.17) is 9.57 Å². The Hall–Kier alpha value is -4.50. The van der Waals surface area contributed by atoms with E-state index in [1.165, 1.54) is 24.3 Å². The maximum atomic E-state index is 12.2. The lowest BCUT2D eigenvalue weighted by Crippen LogP contribution is -2.32. The van der Waals surface area contributed by atoms with Crippen LogP contribution in [-0.4, -0.2) is 87.8 Å². The molecule has 1 saturated heterocycles. The molecule has 16 nitrogen and oxygen atoms in total. The molecule has 2 aromatic rings. The average Bonchev–Trinajstić information content (AvgIpc) is 3.67. The number of carbonyl (C=O) groups is 3. The van der Waals surface area contributed by atoms with Crippen molar-refractivity contribution in [3.8, 4) is 0 Å². The number of amides is 2. The molecule has 0 radical (unpaired) electrons. The second-order valence-corrected chi connectivity index (χ2v) is 21.4. The summed E-state index contributed by atoms with van der Waals surface area (Å²) in [6, 6.07) is 8.63. The van der Waals surface area contributed by atoms with Gasteiger partial charge in [0.2, 0.25) is 0 Å². The lowest BCUT2D eigenvalue weighted by atomic mass is 9.65. The zero-order chi connectivity index (χ0) is 47.8. The first-order valence-electron chi connectivity index (χ1n) is 21.8. The van der Waals surface area contributed by atoms with Crippen molar-refractivity contribution in [2.75, 3.05) is 30.9 Å². The molecular weight excluding hydrogens is 901 g/mol. The Kier molecular flexibility index (Phi) is 17.0. The highest BCUT2D eigenvalue weighted by molar-refractivity contribution is 7.86. The van der Waals surface area contributed by atoms with E-state index in [1.54, 1.807) is 25.3 Å². The van der Waals surface area contributed by atoms with E-state index >= 15 is 0 Å². The summed E-state index contributed by atoms with van der Waals surface area (Å²) >= 11 is 0. The molecule has 1 fully saturated rings. The van der Waals surface area contributed by atoms with Gasteiger partial charge >= 0.3 is 5.97 Å². The number of anilines is 1. The Morgan fingerprint density at radius 3 is 2.00 bits per heavy atom. The van der Waals surface area contributed by atoms with Gasteiger partial charge in [0.25, 0.3) is 11.8 Å². The van der Waals surface area contributed by atoms with Gasteiger partial charge in [-0.1, -0.05) is 68.6 Å². The van der Waals surface area contributed by atoms with Crippen LogP contribution in [0, 0.1) is 0 Å². The van der Waals surface area contributed by atoms with Crippen molar-refractivity contribution in [1.82, 2.24) is 5.06 Å². The van der Waals surface area contributed by atoms with E-state index in [-0.39, 0.29) is 37.0 Å². The minimum atomic E-state index is -4.81. The number of hydrogen-bond acceptors (Lipinski definition) is 15. The molecule has 0 saturated carbocycles. The van der Waals surface area contributed by atoms with Crippen LogP contribution in [0.2, 0.25) is 0 Å². The summed E-state index contributed by atoms with van der Waals surface area (Å²) in [6.07, 6.45) is 16.1. The van der Waals surface area contributed by atoms with Crippen LogP contribution < -0.4 is 4.90 Å². The largest absolute Gasteiger partial charge is 0.748 e. The van der Waals surface area contributed by atoms with Gasteiger partial charge < -0.3 is 28.1 Å². The maximum absolute atomic E-state index is 12.2. The standard InChI is InChI=1S/C46H60N2O14S3/c1-5-47-40-23-22-36(65(58,59)60)32-39(40)46(3,26-15-29-63(52,53)54)41(47)18-13-10-12-17-37-33(16-11-8-6-7-9-14-19-44(51)62-48-42(49)24-25-43(48)50)30-34-20-21-35(64(55,56)57)31-38(34)45(37,2)27-28-61-4/h10,12-13,17-18,20-23,31-32H,5-9,11,14-16,19,24-30H2,1-4H3,(H,52,53,54)(H,55,56,57)(H,58,59,60)/p-3/b13-10+,17-12+,41-18+. The van der Waals surface area contributed by atoms with Gasteiger partial charge in [-0.25, -0.2) is 30.0 Å². The van der Waals surface area contributed by atoms with Crippen LogP contribution in [0.15, 0.2) is 93.4 Å². The number of methoxy groups -OCH3 is 1. The van der Waals surface area contributed by atoms with E-state index in [2.05, 4.69) is 0 Å². The maximum Gasteiger partial charge on any atom is 0.333 e. The molecular formula is C46H57N2O14S3-3. The number of hydroxylamine groups is 2. The Morgan fingerprint density at radius 2 is 1.38 bits per heavy atom. The van der Waals surface area contributed by atoms with Crippen LogP contribution in [-0.2, 0) is 71.6 Å². The van der Waals surface area contributed by atoms with Crippen LogP contribution in [0.25, 0.3) is 0 Å². The minimum absolute atomic E-state index is 0.00797. The number of carbonyl (C=O) groups excluding carboxylic acids is 3. The third-order valence-electron chi connectivity index (χ3n) is 12.6. The topological polar surface area (TPSA) is 248 Å². The van der Waals surface area contributed by atoms with Crippen LogP contribution in [0.4, 0.5) is 5.69 Å². The highest BCUT2D eigenvalue weighted by Gasteiger charge is 2.43. The van der Waals surface area contributed by atoms with Crippen molar-refractivity contribution in [1.29, 1.82) is 0 Å². The van der Waals surface area contributed by atoms with Gasteiger partial charge in [-0.2, -0.15) is 0 Å². The number of allylic oxidation sites excluding steroid dienone is 8. The van der Waals surface area contributed by atoms with E-state index < -0.39 is 69.6 Å². The molecule has 2 aliphatic heterocycles. The third kappa shape index (κ3) is 12.7. The highest BCUT2D eigenvalue weighted by Crippen LogP contribution is 2.51. The number of imide groups is 1. The number of likely N-dealkylation sites (N-methyl/N-ethyl adjacent to an activating group) is 1. The van der Waals surface area contributed by atoms with E-state index in [0.717, 1.165) is 60.8 Å². The molecule has 2 heterocycles. The van der Waals surface area contributed by atoms with E-state index in [0.29, 0.717) is 54.4 Å². The van der Waals surface area contributed by atoms with Gasteiger partial charge in [0, 0.05) is 67.5 Å². The monoisotopic (exact) mass is 957 g/mol. The smallest absolute Gasteiger partial charge is 0.333 e. The molecule has 2 aromatic carbocycles. The fourth-order valence-corrected chi connectivity index (χ4v) is 10.7. The zero-order valence-electron chi connectivity index (χ0n) is 37.2. The molecule has 5 rings (SSSR count). The van der Waals surface area contributed by atoms with Crippen molar-refractivity contribution in [3.05, 3.63) is 100 Å². The number of nitrogens with zero attached hydrogens (tertiary/aromatic N) is 2. The predicted molar refractivity (Wildman–Crippen MR) is 238 cm³/mol. The fraction of sp³-hybridized carbons (Fsp3) is 0.500.